The molecule has 0 saturated carbocycles. The Morgan fingerprint density at radius 2 is 1.62 bits per heavy atom. The third-order valence-corrected chi connectivity index (χ3v) is 11.6. The number of rotatable bonds is 10. The lowest BCUT2D eigenvalue weighted by Crippen LogP contribution is -2.45. The number of ether oxygens (including phenoxy) is 1. The van der Waals surface area contributed by atoms with Crippen molar-refractivity contribution in [2.24, 2.45) is 5.41 Å². The number of aliphatic hydroxyl groups is 1. The number of carbonyl (C=O) groups excluding carboxylic acids is 2. The minimum Gasteiger partial charge on any atom is -0.490 e. The van der Waals surface area contributed by atoms with Crippen molar-refractivity contribution in [2.75, 3.05) is 32.8 Å². The normalized spacial score (nSPS) is 19.6. The molecule has 9 nitrogen and oxygen atoms in total. The zero-order valence-corrected chi connectivity index (χ0v) is 29.8. The quantitative estimate of drug-likeness (QED) is 0.216. The van der Waals surface area contributed by atoms with Gasteiger partial charge in [0.1, 0.15) is 0 Å². The van der Waals surface area contributed by atoms with Crippen molar-refractivity contribution >= 4 is 33.6 Å². The van der Waals surface area contributed by atoms with Crippen molar-refractivity contribution in [3.63, 3.8) is 0 Å². The maximum atomic E-state index is 14.4. The molecule has 0 radical (unpaired) electrons. The number of hydrogen-bond donors (Lipinski definition) is 2. The van der Waals surface area contributed by atoms with Crippen LogP contribution in [0, 0.1) is 25.1 Å². The average Bonchev–Trinajstić information content (AvgIpc) is 3.37. The van der Waals surface area contributed by atoms with Crippen LogP contribution in [0.4, 0.5) is 26.3 Å². The van der Waals surface area contributed by atoms with Gasteiger partial charge in [-0.15, -0.1) is 0 Å². The Hall–Kier alpha value is -3.89. The van der Waals surface area contributed by atoms with E-state index in [4.69, 9.17) is 4.74 Å². The average molecular weight is 758 g/mol. The van der Waals surface area contributed by atoms with E-state index < -0.39 is 58.4 Å². The van der Waals surface area contributed by atoms with Gasteiger partial charge in [0, 0.05) is 54.8 Å². The lowest BCUT2D eigenvalue weighted by atomic mass is 9.79. The summed E-state index contributed by atoms with van der Waals surface area (Å²) in [7, 11) is -3.90. The molecule has 2 fully saturated rings. The van der Waals surface area contributed by atoms with Gasteiger partial charge in [0.05, 0.1) is 17.6 Å². The second kappa shape index (κ2) is 14.5. The number of alkyl halides is 5. The Morgan fingerprint density at radius 3 is 2.21 bits per heavy atom. The Morgan fingerprint density at radius 1 is 1.00 bits per heavy atom. The Balaban J connectivity index is 1.21. The number of carbonyl (C=O) groups is 2. The summed E-state index contributed by atoms with van der Waals surface area (Å²) in [6.45, 7) is 5.66. The second-order valence-electron chi connectivity index (χ2n) is 14.0. The van der Waals surface area contributed by atoms with Gasteiger partial charge in [0.2, 0.25) is 15.9 Å². The highest BCUT2D eigenvalue weighted by molar-refractivity contribution is 7.92. The van der Waals surface area contributed by atoms with Crippen LogP contribution in [0.5, 0.6) is 5.75 Å². The maximum Gasteiger partial charge on any atom is 0.453 e. The third-order valence-electron chi connectivity index (χ3n) is 10.0. The predicted molar refractivity (Wildman–Crippen MR) is 181 cm³/mol. The number of likely N-dealkylation sites (tertiary alicyclic amines) is 1. The van der Waals surface area contributed by atoms with Gasteiger partial charge in [-0.3, -0.25) is 9.59 Å². The van der Waals surface area contributed by atoms with E-state index in [0.29, 0.717) is 59.4 Å². The summed E-state index contributed by atoms with van der Waals surface area (Å²) in [5.74, 6) is -6.70. The predicted octanol–water partition coefficient (Wildman–Crippen LogP) is 6.34. The summed E-state index contributed by atoms with van der Waals surface area (Å²) in [4.78, 5) is 28.0. The van der Waals surface area contributed by atoms with Crippen LogP contribution in [0.25, 0.3) is 11.8 Å². The van der Waals surface area contributed by atoms with Gasteiger partial charge in [-0.05, 0) is 112 Å². The number of benzene rings is 2. The summed E-state index contributed by atoms with van der Waals surface area (Å²) < 4.78 is 111. The molecular weight excluding hydrogens is 716 g/mol. The SMILES string of the molecule is Cc1cc(C(=O)N2CCC(C)(O)CC2)cc(C)c1/C=C/S(=O)(=O)N1CCC2(C=C(c3ccc(F)c(OCCCC(F)(F)C(F)(F)F)c3)NC2=O)CC1. The number of aryl methyl sites for hydroxylation is 2. The molecule has 0 unspecified atom stereocenters. The lowest BCUT2D eigenvalue weighted by Gasteiger charge is -2.36. The van der Waals surface area contributed by atoms with E-state index in [0.717, 1.165) is 11.5 Å². The van der Waals surface area contributed by atoms with Crippen LogP contribution < -0.4 is 10.1 Å². The summed E-state index contributed by atoms with van der Waals surface area (Å²) in [5, 5.41) is 14.0. The van der Waals surface area contributed by atoms with Gasteiger partial charge in [-0.25, -0.2) is 12.8 Å². The van der Waals surface area contributed by atoms with Crippen LogP contribution in [-0.4, -0.2) is 85.0 Å². The van der Waals surface area contributed by atoms with Crippen LogP contribution in [0.2, 0.25) is 0 Å². The summed E-state index contributed by atoms with van der Waals surface area (Å²) in [6.07, 6.45) is -3.53. The molecule has 0 aromatic heterocycles. The molecule has 2 amide bonds. The summed E-state index contributed by atoms with van der Waals surface area (Å²) >= 11 is 0. The number of halogens is 6. The summed E-state index contributed by atoms with van der Waals surface area (Å²) in [5.41, 5.74) is 1.33. The van der Waals surface area contributed by atoms with Gasteiger partial charge in [0.25, 0.3) is 5.91 Å². The maximum absolute atomic E-state index is 14.4. The fraction of sp³-hybridized carbons (Fsp3) is 0.500. The number of piperidine rings is 2. The van der Waals surface area contributed by atoms with Crippen LogP contribution in [0.3, 0.4) is 0 Å². The van der Waals surface area contributed by atoms with E-state index in [1.807, 2.05) is 0 Å². The molecule has 284 valence electrons. The largest absolute Gasteiger partial charge is 0.490 e. The first kappa shape index (κ1) is 39.3. The van der Waals surface area contributed by atoms with Gasteiger partial charge < -0.3 is 20.1 Å². The Kier molecular flexibility index (Phi) is 11.0. The van der Waals surface area contributed by atoms with Crippen molar-refractivity contribution in [3.8, 4) is 5.75 Å². The lowest BCUT2D eigenvalue weighted by molar-refractivity contribution is -0.284. The van der Waals surface area contributed by atoms with Crippen LogP contribution in [-0.2, 0) is 14.8 Å². The van der Waals surface area contributed by atoms with E-state index in [1.54, 1.807) is 43.9 Å². The van der Waals surface area contributed by atoms with Gasteiger partial charge in [-0.1, -0.05) is 0 Å². The molecule has 2 aromatic carbocycles. The Bertz CT molecular complexity index is 1850. The zero-order chi connectivity index (χ0) is 38.3. The topological polar surface area (TPSA) is 116 Å². The number of amides is 2. The number of nitrogens with zero attached hydrogens (tertiary/aromatic N) is 2. The van der Waals surface area contributed by atoms with Crippen molar-refractivity contribution < 1.29 is 54.2 Å². The first-order valence-corrected chi connectivity index (χ1v) is 18.4. The van der Waals surface area contributed by atoms with E-state index >= 15 is 0 Å². The van der Waals surface area contributed by atoms with Gasteiger partial charge in [-0.2, -0.15) is 26.3 Å². The van der Waals surface area contributed by atoms with E-state index in [2.05, 4.69) is 5.32 Å². The smallest absolute Gasteiger partial charge is 0.453 e. The molecule has 0 aliphatic carbocycles. The molecule has 3 aliphatic rings. The molecule has 2 saturated heterocycles. The molecule has 2 N–H and O–H groups in total. The molecule has 3 heterocycles. The fourth-order valence-corrected chi connectivity index (χ4v) is 7.84. The second-order valence-corrected chi connectivity index (χ2v) is 15.8. The zero-order valence-electron chi connectivity index (χ0n) is 29.0. The van der Waals surface area contributed by atoms with E-state index in [-0.39, 0.29) is 43.5 Å². The molecule has 2 aromatic rings. The molecule has 52 heavy (non-hydrogen) atoms. The van der Waals surface area contributed by atoms with E-state index in [1.165, 1.54) is 22.5 Å². The molecule has 1 spiro atoms. The minimum absolute atomic E-state index is 0.0261. The van der Waals surface area contributed by atoms with Gasteiger partial charge >= 0.3 is 12.1 Å². The van der Waals surface area contributed by atoms with Crippen LogP contribution in [0.15, 0.2) is 41.8 Å². The highest BCUT2D eigenvalue weighted by Gasteiger charge is 2.56. The molecular formula is C36H41F6N3O6S. The number of sulfonamides is 1. The highest BCUT2D eigenvalue weighted by atomic mass is 32.2. The van der Waals surface area contributed by atoms with Crippen molar-refractivity contribution in [1.29, 1.82) is 0 Å². The van der Waals surface area contributed by atoms with Crippen molar-refractivity contribution in [3.05, 3.63) is 75.5 Å². The third kappa shape index (κ3) is 8.49. The van der Waals surface area contributed by atoms with E-state index in [9.17, 15) is 49.5 Å². The summed E-state index contributed by atoms with van der Waals surface area (Å²) in [6, 6.07) is 7.01. The first-order valence-electron chi connectivity index (χ1n) is 16.9. The highest BCUT2D eigenvalue weighted by Crippen LogP contribution is 2.42. The van der Waals surface area contributed by atoms with Gasteiger partial charge in [0.15, 0.2) is 11.6 Å². The molecule has 5 rings (SSSR count). The number of hydrogen-bond acceptors (Lipinski definition) is 6. The monoisotopic (exact) mass is 757 g/mol. The number of nitrogens with one attached hydrogen (secondary N) is 1. The molecule has 16 heteroatoms. The standard InChI is InChI=1S/C36H41F6N3O6S/c1-23-19-26(31(46)44-13-9-33(3,48)10-14-44)20-24(2)27(23)7-18-52(49,50)45-15-11-34(12-16-45)22-29(43-32(34)47)25-5-6-28(37)30(21-25)51-17-4-8-35(38,39)36(40,41)42/h5-7,18-22,48H,4,8-17H2,1-3H3,(H,43,47)/b18-7+. The minimum atomic E-state index is -5.70. The molecule has 3 aliphatic heterocycles. The van der Waals surface area contributed by atoms with Crippen molar-refractivity contribution in [1.82, 2.24) is 14.5 Å². The van der Waals surface area contributed by atoms with Crippen molar-refractivity contribution in [2.45, 2.75) is 77.0 Å². The van der Waals surface area contributed by atoms with Crippen LogP contribution >= 0.6 is 0 Å². The Labute approximate surface area is 298 Å². The molecule has 0 bridgehead atoms. The molecule has 0 atom stereocenters. The fourth-order valence-electron chi connectivity index (χ4n) is 6.67. The first-order chi connectivity index (χ1) is 24.1. The van der Waals surface area contributed by atoms with Crippen LogP contribution in [0.1, 0.15) is 78.1 Å².